The van der Waals surface area contributed by atoms with Gasteiger partial charge < -0.3 is 24.8 Å². The molecule has 0 saturated carbocycles. The molecule has 0 heterocycles. The van der Waals surface area contributed by atoms with Crippen LogP contribution in [0.4, 0.5) is 0 Å². The van der Waals surface area contributed by atoms with Gasteiger partial charge in [-0.3, -0.25) is 0 Å². The third-order valence-electron chi connectivity index (χ3n) is 0.655. The first-order chi connectivity index (χ1) is 2.50. The molecule has 0 fully saturated rings. The maximum Gasteiger partial charge on any atom is 2.00 e. The number of allylic oxidation sites excluding steroid dienone is 4. The van der Waals surface area contributed by atoms with E-state index in [1.165, 1.54) is 0 Å². The van der Waals surface area contributed by atoms with Crippen LogP contribution in [0.25, 0.3) is 0 Å². The molecule has 1 aliphatic carbocycles. The Bertz CT molecular complexity index is 68.5. The molecule has 0 aromatic rings. The van der Waals surface area contributed by atoms with Gasteiger partial charge in [-0.15, -0.1) is 0 Å². The zero-order valence-electron chi connectivity index (χ0n) is 4.35. The molecule has 0 amide bonds. The van der Waals surface area contributed by atoms with Gasteiger partial charge in [-0.25, -0.2) is 0 Å². The van der Waals surface area contributed by atoms with Crippen molar-refractivity contribution in [1.82, 2.24) is 0 Å². The van der Waals surface area contributed by atoms with Gasteiger partial charge in [-0.2, -0.15) is 0 Å². The summed E-state index contributed by atoms with van der Waals surface area (Å²) in [5, 5.41) is 0. The normalized spacial score (nSPS) is 11.0. The van der Waals surface area contributed by atoms with Gasteiger partial charge in [0.05, 0.1) is 0 Å². The standard InChI is InChI=1S/C5H6.2ClH.Y/c1-2-4-5-3-1;;;/h1-4H,5H2;2*1H;/q;;;+2/p-2. The van der Waals surface area contributed by atoms with E-state index in [1.54, 1.807) is 0 Å². The van der Waals surface area contributed by atoms with Crippen molar-refractivity contribution in [3.05, 3.63) is 24.3 Å². The minimum absolute atomic E-state index is 0. The Balaban J connectivity index is -0.0000000833. The largest absolute Gasteiger partial charge is 2.00 e. The van der Waals surface area contributed by atoms with E-state index in [1.807, 2.05) is 0 Å². The Morgan fingerprint density at radius 3 is 1.38 bits per heavy atom. The van der Waals surface area contributed by atoms with Crippen molar-refractivity contribution in [1.29, 1.82) is 0 Å². The first-order valence-electron chi connectivity index (χ1n) is 1.82. The molecular weight excluding hydrogens is 220 g/mol. The second-order valence-corrected chi connectivity index (χ2v) is 1.09. The van der Waals surface area contributed by atoms with E-state index in [-0.39, 0.29) is 57.5 Å². The molecule has 0 unspecified atom stereocenters. The second kappa shape index (κ2) is 11.0. The van der Waals surface area contributed by atoms with E-state index in [0.717, 1.165) is 6.42 Å². The van der Waals surface area contributed by atoms with E-state index in [0.29, 0.717) is 0 Å². The van der Waals surface area contributed by atoms with Crippen LogP contribution >= 0.6 is 0 Å². The zero-order chi connectivity index (χ0) is 3.54. The summed E-state index contributed by atoms with van der Waals surface area (Å²) < 4.78 is 0. The predicted octanol–water partition coefficient (Wildman–Crippen LogP) is -4.49. The maximum atomic E-state index is 2.12. The van der Waals surface area contributed by atoms with Crippen LogP contribution in [-0.2, 0) is 32.7 Å². The van der Waals surface area contributed by atoms with Crippen LogP contribution in [0.5, 0.6) is 0 Å². The molecule has 0 aromatic heterocycles. The summed E-state index contributed by atoms with van der Waals surface area (Å²) in [6.45, 7) is 0. The van der Waals surface area contributed by atoms with E-state index in [4.69, 9.17) is 0 Å². The SMILES string of the molecule is C1=CCC=C1.[Cl-].[Cl-].[Y+2]. The fourth-order valence-electron chi connectivity index (χ4n) is 0.393. The van der Waals surface area contributed by atoms with Crippen LogP contribution in [0, 0.1) is 0 Å². The molecular formula is C5H6Cl2Y. The zero-order valence-corrected chi connectivity index (χ0v) is 8.70. The van der Waals surface area contributed by atoms with Crippen LogP contribution in [0.1, 0.15) is 6.42 Å². The van der Waals surface area contributed by atoms with E-state index >= 15 is 0 Å². The first kappa shape index (κ1) is 16.1. The van der Waals surface area contributed by atoms with Gasteiger partial charge >= 0.3 is 32.7 Å². The van der Waals surface area contributed by atoms with Crippen LogP contribution in [-0.4, -0.2) is 0 Å². The molecule has 1 radical (unpaired) electrons. The van der Waals surface area contributed by atoms with Crippen molar-refractivity contribution in [3.8, 4) is 0 Å². The van der Waals surface area contributed by atoms with Gasteiger partial charge in [0.1, 0.15) is 0 Å². The van der Waals surface area contributed by atoms with Gasteiger partial charge in [0.2, 0.25) is 0 Å². The summed E-state index contributed by atoms with van der Waals surface area (Å²) in [6, 6.07) is 0. The van der Waals surface area contributed by atoms with Crippen molar-refractivity contribution in [2.24, 2.45) is 0 Å². The summed E-state index contributed by atoms with van der Waals surface area (Å²) in [7, 11) is 0. The van der Waals surface area contributed by atoms with Gasteiger partial charge in [0.25, 0.3) is 0 Å². The molecule has 43 valence electrons. The number of hydrogen-bond donors (Lipinski definition) is 0. The van der Waals surface area contributed by atoms with Crippen molar-refractivity contribution < 1.29 is 57.5 Å². The Kier molecular flexibility index (Phi) is 22.2. The van der Waals surface area contributed by atoms with Crippen molar-refractivity contribution >= 4 is 0 Å². The summed E-state index contributed by atoms with van der Waals surface area (Å²) in [5.74, 6) is 0. The average Bonchev–Trinajstić information content (AvgIpc) is 1.76. The third kappa shape index (κ3) is 7.16. The molecule has 0 atom stereocenters. The summed E-state index contributed by atoms with van der Waals surface area (Å²) >= 11 is 0. The topological polar surface area (TPSA) is 0 Å². The summed E-state index contributed by atoms with van der Waals surface area (Å²) in [6.07, 6.45) is 9.50. The molecule has 0 aliphatic heterocycles. The molecule has 8 heavy (non-hydrogen) atoms. The maximum absolute atomic E-state index is 2.12. The van der Waals surface area contributed by atoms with E-state index < -0.39 is 0 Å². The fourth-order valence-corrected chi connectivity index (χ4v) is 0.393. The van der Waals surface area contributed by atoms with Gasteiger partial charge in [0.15, 0.2) is 0 Å². The number of rotatable bonds is 0. The average molecular weight is 226 g/mol. The Labute approximate surface area is 87.5 Å². The van der Waals surface area contributed by atoms with Gasteiger partial charge in [-0.05, 0) is 6.42 Å². The predicted molar refractivity (Wildman–Crippen MR) is 22.9 cm³/mol. The number of hydrogen-bond acceptors (Lipinski definition) is 0. The van der Waals surface area contributed by atoms with Crippen molar-refractivity contribution in [2.45, 2.75) is 6.42 Å². The molecule has 0 N–H and O–H groups in total. The molecule has 3 heteroatoms. The Morgan fingerprint density at radius 1 is 0.875 bits per heavy atom. The molecule has 0 nitrogen and oxygen atoms in total. The number of halogens is 2. The van der Waals surface area contributed by atoms with Crippen LogP contribution in [0.2, 0.25) is 0 Å². The van der Waals surface area contributed by atoms with Gasteiger partial charge in [0, 0.05) is 0 Å². The van der Waals surface area contributed by atoms with Crippen LogP contribution in [0.15, 0.2) is 24.3 Å². The molecule has 0 bridgehead atoms. The van der Waals surface area contributed by atoms with E-state index in [9.17, 15) is 0 Å². The van der Waals surface area contributed by atoms with Gasteiger partial charge in [-0.1, -0.05) is 24.3 Å². The summed E-state index contributed by atoms with van der Waals surface area (Å²) in [5.41, 5.74) is 0. The Hall–Kier alpha value is 1.16. The quantitative estimate of drug-likeness (QED) is 0.390. The van der Waals surface area contributed by atoms with Crippen molar-refractivity contribution in [3.63, 3.8) is 0 Å². The fraction of sp³-hybridized carbons (Fsp3) is 0.200. The molecule has 1 rings (SSSR count). The monoisotopic (exact) mass is 225 g/mol. The Morgan fingerprint density at radius 2 is 1.25 bits per heavy atom. The molecule has 1 aliphatic rings. The second-order valence-electron chi connectivity index (χ2n) is 1.09. The minimum atomic E-state index is 0. The van der Waals surface area contributed by atoms with E-state index in [2.05, 4.69) is 24.3 Å². The molecule has 0 saturated heterocycles. The first-order valence-corrected chi connectivity index (χ1v) is 1.82. The smallest absolute Gasteiger partial charge is 1.00 e. The van der Waals surface area contributed by atoms with Crippen LogP contribution < -0.4 is 24.8 Å². The molecule has 0 aromatic carbocycles. The minimum Gasteiger partial charge on any atom is -1.00 e. The molecule has 0 spiro atoms. The van der Waals surface area contributed by atoms with Crippen LogP contribution in [0.3, 0.4) is 0 Å². The summed E-state index contributed by atoms with van der Waals surface area (Å²) in [4.78, 5) is 0. The van der Waals surface area contributed by atoms with Crippen molar-refractivity contribution in [2.75, 3.05) is 0 Å². The third-order valence-corrected chi connectivity index (χ3v) is 0.655.